The van der Waals surface area contributed by atoms with Crippen molar-refractivity contribution in [3.05, 3.63) is 114 Å². The van der Waals surface area contributed by atoms with Crippen molar-refractivity contribution in [3.8, 4) is 0 Å². The van der Waals surface area contributed by atoms with E-state index in [1.165, 1.54) is 22.4 Å². The van der Waals surface area contributed by atoms with Gasteiger partial charge in [-0.05, 0) is 54.4 Å². The molecule has 0 spiro atoms. The maximum Gasteiger partial charge on any atom is 0.0737 e. The van der Waals surface area contributed by atoms with Crippen LogP contribution in [0.4, 0.5) is 11.4 Å². The Morgan fingerprint density at radius 3 is 2.03 bits per heavy atom. The summed E-state index contributed by atoms with van der Waals surface area (Å²) >= 11 is 5.79. The average Bonchev–Trinajstić information content (AvgIpc) is 2.82. The molecular formula is C28H33ClN4. The quantitative estimate of drug-likeness (QED) is 0.328. The van der Waals surface area contributed by atoms with Gasteiger partial charge in [0, 0.05) is 55.2 Å². The fraction of sp³-hybridized carbons (Fsp3) is 0.179. The summed E-state index contributed by atoms with van der Waals surface area (Å²) in [4.78, 5) is 6.25. The molecule has 1 heterocycles. The van der Waals surface area contributed by atoms with Crippen LogP contribution in [0.1, 0.15) is 16.7 Å². The Balaban J connectivity index is 0.000000236. The number of nitrogen functional groups attached to an aromatic ring is 1. The fourth-order valence-electron chi connectivity index (χ4n) is 3.11. The van der Waals surface area contributed by atoms with Crippen molar-refractivity contribution in [3.63, 3.8) is 0 Å². The van der Waals surface area contributed by atoms with E-state index in [9.17, 15) is 0 Å². The SMILES string of the molecule is C=C.Cc1ccc(CNCc2ccc(N(C)C)cc2)cc1.Nc1ccnc2cc(Cl)ccc12. The first-order valence-electron chi connectivity index (χ1n) is 10.7. The number of aromatic nitrogens is 1. The summed E-state index contributed by atoms with van der Waals surface area (Å²) in [6.07, 6.45) is 1.67. The topological polar surface area (TPSA) is 54.2 Å². The number of nitrogens with one attached hydrogen (secondary N) is 1. The van der Waals surface area contributed by atoms with Crippen LogP contribution in [0.3, 0.4) is 0 Å². The van der Waals surface area contributed by atoms with Gasteiger partial charge in [0.1, 0.15) is 0 Å². The normalized spacial score (nSPS) is 9.94. The molecule has 0 saturated heterocycles. The second kappa shape index (κ2) is 13.3. The van der Waals surface area contributed by atoms with Crippen molar-refractivity contribution in [2.45, 2.75) is 20.0 Å². The molecule has 172 valence electrons. The molecule has 5 heteroatoms. The monoisotopic (exact) mass is 460 g/mol. The molecule has 3 N–H and O–H groups in total. The minimum absolute atomic E-state index is 0.681. The van der Waals surface area contributed by atoms with Gasteiger partial charge in [0.15, 0.2) is 0 Å². The second-order valence-corrected chi connectivity index (χ2v) is 8.15. The number of halogens is 1. The molecule has 1 aromatic heterocycles. The molecule has 0 aliphatic heterocycles. The molecule has 33 heavy (non-hydrogen) atoms. The zero-order chi connectivity index (χ0) is 24.2. The van der Waals surface area contributed by atoms with E-state index in [0.29, 0.717) is 5.02 Å². The lowest BCUT2D eigenvalue weighted by molar-refractivity contribution is 0.693. The Bertz CT molecular complexity index is 1120. The lowest BCUT2D eigenvalue weighted by atomic mass is 10.1. The van der Waals surface area contributed by atoms with Crippen LogP contribution in [0.2, 0.25) is 5.02 Å². The number of pyridine rings is 1. The summed E-state index contributed by atoms with van der Waals surface area (Å²) in [7, 11) is 4.12. The highest BCUT2D eigenvalue weighted by molar-refractivity contribution is 6.31. The number of benzene rings is 3. The van der Waals surface area contributed by atoms with E-state index < -0.39 is 0 Å². The van der Waals surface area contributed by atoms with Crippen LogP contribution in [0.25, 0.3) is 10.9 Å². The van der Waals surface area contributed by atoms with Crippen LogP contribution >= 0.6 is 11.6 Å². The second-order valence-electron chi connectivity index (χ2n) is 7.71. The standard InChI is InChI=1S/C17H22N2.C9H7ClN2.C2H4/c1-14-4-6-15(7-5-14)12-18-13-16-8-10-17(11-9-16)19(2)3;10-6-1-2-7-8(11)3-4-12-9(7)5-6;1-2/h4-11,18H,12-13H2,1-3H3;1-5H,(H2,11,12);1-2H2. The number of fused-ring (bicyclic) bond motifs is 1. The first kappa shape index (κ1) is 25.9. The van der Waals surface area contributed by atoms with Gasteiger partial charge in [-0.25, -0.2) is 0 Å². The summed E-state index contributed by atoms with van der Waals surface area (Å²) in [6, 6.07) is 24.6. The molecule has 0 saturated carbocycles. The van der Waals surface area contributed by atoms with E-state index >= 15 is 0 Å². The molecule has 0 radical (unpaired) electrons. The predicted molar refractivity (Wildman–Crippen MR) is 145 cm³/mol. The summed E-state index contributed by atoms with van der Waals surface area (Å²) < 4.78 is 0. The molecule has 0 amide bonds. The Hall–Kier alpha value is -3.34. The maximum absolute atomic E-state index is 5.79. The van der Waals surface area contributed by atoms with Gasteiger partial charge in [-0.15, -0.1) is 13.2 Å². The van der Waals surface area contributed by atoms with Crippen LogP contribution in [0.15, 0.2) is 92.2 Å². The van der Waals surface area contributed by atoms with Gasteiger partial charge in [0.25, 0.3) is 0 Å². The third-order valence-electron chi connectivity index (χ3n) is 4.97. The van der Waals surface area contributed by atoms with E-state index in [0.717, 1.165) is 29.7 Å². The van der Waals surface area contributed by atoms with Crippen molar-refractivity contribution in [1.29, 1.82) is 0 Å². The van der Waals surface area contributed by atoms with Gasteiger partial charge in [-0.2, -0.15) is 0 Å². The average molecular weight is 461 g/mol. The number of aryl methyl sites for hydroxylation is 1. The van der Waals surface area contributed by atoms with Crippen molar-refractivity contribution in [2.24, 2.45) is 0 Å². The van der Waals surface area contributed by atoms with E-state index in [1.54, 1.807) is 18.3 Å². The number of rotatable bonds is 5. The lowest BCUT2D eigenvalue weighted by Crippen LogP contribution is -2.13. The zero-order valence-electron chi connectivity index (χ0n) is 19.7. The van der Waals surface area contributed by atoms with Crippen LogP contribution < -0.4 is 16.0 Å². The van der Waals surface area contributed by atoms with Crippen molar-refractivity contribution < 1.29 is 0 Å². The molecule has 0 aliphatic carbocycles. The number of nitrogens with zero attached hydrogens (tertiary/aromatic N) is 2. The molecule has 0 fully saturated rings. The van der Waals surface area contributed by atoms with Gasteiger partial charge in [0.05, 0.1) is 5.52 Å². The lowest BCUT2D eigenvalue weighted by Gasteiger charge is -2.13. The zero-order valence-corrected chi connectivity index (χ0v) is 20.4. The van der Waals surface area contributed by atoms with E-state index in [2.05, 4.69) is 97.9 Å². The molecule has 0 aliphatic rings. The highest BCUT2D eigenvalue weighted by Crippen LogP contribution is 2.21. The molecule has 0 bridgehead atoms. The largest absolute Gasteiger partial charge is 0.398 e. The van der Waals surface area contributed by atoms with Crippen LogP contribution in [0, 0.1) is 6.92 Å². The van der Waals surface area contributed by atoms with Crippen molar-refractivity contribution in [1.82, 2.24) is 10.3 Å². The fourth-order valence-corrected chi connectivity index (χ4v) is 3.28. The molecule has 4 nitrogen and oxygen atoms in total. The van der Waals surface area contributed by atoms with Gasteiger partial charge < -0.3 is 16.0 Å². The van der Waals surface area contributed by atoms with Gasteiger partial charge >= 0.3 is 0 Å². The number of anilines is 2. The minimum Gasteiger partial charge on any atom is -0.398 e. The summed E-state index contributed by atoms with van der Waals surface area (Å²) in [5.41, 5.74) is 12.5. The van der Waals surface area contributed by atoms with E-state index in [1.807, 2.05) is 12.1 Å². The molecule has 4 aromatic rings. The number of nitrogens with two attached hydrogens (primary N) is 1. The Morgan fingerprint density at radius 1 is 0.879 bits per heavy atom. The van der Waals surface area contributed by atoms with E-state index in [4.69, 9.17) is 17.3 Å². The summed E-state index contributed by atoms with van der Waals surface area (Å²) in [5, 5.41) is 5.10. The third kappa shape index (κ3) is 8.26. The van der Waals surface area contributed by atoms with Gasteiger partial charge in [-0.1, -0.05) is 53.6 Å². The predicted octanol–water partition coefficient (Wildman–Crippen LogP) is 6.62. The Morgan fingerprint density at radius 2 is 1.45 bits per heavy atom. The maximum atomic E-state index is 5.79. The van der Waals surface area contributed by atoms with Gasteiger partial charge in [0.2, 0.25) is 0 Å². The molecule has 4 rings (SSSR count). The molecule has 0 unspecified atom stereocenters. The molecular weight excluding hydrogens is 428 g/mol. The highest BCUT2D eigenvalue weighted by atomic mass is 35.5. The van der Waals surface area contributed by atoms with Gasteiger partial charge in [-0.3, -0.25) is 4.98 Å². The van der Waals surface area contributed by atoms with Crippen molar-refractivity contribution >= 4 is 33.9 Å². The minimum atomic E-state index is 0.681. The van der Waals surface area contributed by atoms with Crippen LogP contribution in [-0.4, -0.2) is 19.1 Å². The highest BCUT2D eigenvalue weighted by Gasteiger charge is 1.98. The smallest absolute Gasteiger partial charge is 0.0737 e. The van der Waals surface area contributed by atoms with Crippen LogP contribution in [0.5, 0.6) is 0 Å². The molecule has 0 atom stereocenters. The van der Waals surface area contributed by atoms with Crippen molar-refractivity contribution in [2.75, 3.05) is 24.7 Å². The summed E-state index contributed by atoms with van der Waals surface area (Å²) in [6.45, 7) is 9.93. The third-order valence-corrected chi connectivity index (χ3v) is 5.21. The summed E-state index contributed by atoms with van der Waals surface area (Å²) in [5.74, 6) is 0. The molecule has 3 aromatic carbocycles. The number of hydrogen-bond donors (Lipinski definition) is 2. The van der Waals surface area contributed by atoms with E-state index in [-0.39, 0.29) is 0 Å². The van der Waals surface area contributed by atoms with Crippen LogP contribution in [-0.2, 0) is 13.1 Å². The Kier molecular flexibility index (Phi) is 10.4. The first-order valence-corrected chi connectivity index (χ1v) is 11.1. The first-order chi connectivity index (χ1) is 15.9. The number of hydrogen-bond acceptors (Lipinski definition) is 4. The Labute approximate surface area is 202 Å².